The maximum Gasteiger partial charge on any atom is 0.258 e. The van der Waals surface area contributed by atoms with Gasteiger partial charge >= 0.3 is 0 Å². The molecule has 3 rings (SSSR count). The molecule has 1 amide bonds. The van der Waals surface area contributed by atoms with E-state index in [-0.39, 0.29) is 11.5 Å². The molecule has 7 heteroatoms. The van der Waals surface area contributed by atoms with Crippen LogP contribution in [0.2, 0.25) is 0 Å². The zero-order chi connectivity index (χ0) is 15.5. The Balaban J connectivity index is 1.85. The first-order valence-corrected chi connectivity index (χ1v) is 7.58. The normalized spacial score (nSPS) is 10.6. The third-order valence-corrected chi connectivity index (χ3v) is 3.97. The molecule has 0 unspecified atom stereocenters. The number of aromatic nitrogens is 2. The maximum absolute atomic E-state index is 11.9. The minimum atomic E-state index is -0.162. The van der Waals surface area contributed by atoms with Crippen LogP contribution in [0.5, 0.6) is 0 Å². The van der Waals surface area contributed by atoms with Gasteiger partial charge in [0.25, 0.3) is 11.5 Å². The molecule has 0 fully saturated rings. The number of hydrogen-bond acceptors (Lipinski definition) is 5. The summed E-state index contributed by atoms with van der Waals surface area (Å²) in [7, 11) is 1.59. The number of benzene rings is 1. The van der Waals surface area contributed by atoms with Crippen molar-refractivity contribution in [2.24, 2.45) is 0 Å². The molecule has 1 aromatic carbocycles. The van der Waals surface area contributed by atoms with E-state index in [4.69, 9.17) is 0 Å². The van der Waals surface area contributed by atoms with Gasteiger partial charge in [0, 0.05) is 30.4 Å². The average molecular weight is 314 g/mol. The number of amides is 1. The highest BCUT2D eigenvalue weighted by Gasteiger charge is 2.09. The molecule has 0 atom stereocenters. The second-order valence-electron chi connectivity index (χ2n) is 4.62. The second kappa shape index (κ2) is 5.98. The number of fused-ring (bicyclic) bond motifs is 1. The Labute approximate surface area is 130 Å². The van der Waals surface area contributed by atoms with Gasteiger partial charge in [0.2, 0.25) is 0 Å². The third-order valence-electron chi connectivity index (χ3n) is 3.21. The van der Waals surface area contributed by atoms with Gasteiger partial charge in [0.05, 0.1) is 17.8 Å². The predicted molar refractivity (Wildman–Crippen MR) is 86.5 cm³/mol. The van der Waals surface area contributed by atoms with Crippen molar-refractivity contribution in [2.75, 3.05) is 12.4 Å². The number of thiazole rings is 1. The first-order valence-electron chi connectivity index (χ1n) is 6.70. The van der Waals surface area contributed by atoms with Gasteiger partial charge in [-0.25, -0.2) is 4.98 Å². The van der Waals surface area contributed by atoms with Crippen LogP contribution in [-0.2, 0) is 6.54 Å². The summed E-state index contributed by atoms with van der Waals surface area (Å²) in [5.74, 6) is -0.162. The van der Waals surface area contributed by atoms with Crippen molar-refractivity contribution in [3.05, 3.63) is 63.5 Å². The van der Waals surface area contributed by atoms with Crippen molar-refractivity contribution >= 4 is 27.9 Å². The number of rotatable bonds is 4. The van der Waals surface area contributed by atoms with E-state index in [1.165, 1.54) is 21.8 Å². The lowest BCUT2D eigenvalue weighted by Crippen LogP contribution is -2.20. The molecule has 0 saturated carbocycles. The Kier molecular flexibility index (Phi) is 3.88. The summed E-state index contributed by atoms with van der Waals surface area (Å²) in [5, 5.41) is 7.59. The molecule has 112 valence electrons. The lowest BCUT2D eigenvalue weighted by atomic mass is 10.1. The molecule has 3 aromatic rings. The average Bonchev–Trinajstić information content (AvgIpc) is 3.01. The van der Waals surface area contributed by atoms with Crippen LogP contribution in [0.1, 0.15) is 16.1 Å². The van der Waals surface area contributed by atoms with E-state index in [9.17, 15) is 9.59 Å². The summed E-state index contributed by atoms with van der Waals surface area (Å²) in [4.78, 5) is 28.8. The molecule has 0 aliphatic carbocycles. The van der Waals surface area contributed by atoms with Crippen LogP contribution in [0.25, 0.3) is 4.96 Å². The monoisotopic (exact) mass is 314 g/mol. The molecule has 2 heterocycles. The lowest BCUT2D eigenvalue weighted by molar-refractivity contribution is 0.0964. The molecule has 2 aromatic heterocycles. The summed E-state index contributed by atoms with van der Waals surface area (Å²) >= 11 is 1.41. The molecule has 22 heavy (non-hydrogen) atoms. The van der Waals surface area contributed by atoms with Crippen LogP contribution >= 0.6 is 11.3 Å². The van der Waals surface area contributed by atoms with Crippen LogP contribution < -0.4 is 16.2 Å². The van der Waals surface area contributed by atoms with E-state index in [0.717, 1.165) is 0 Å². The van der Waals surface area contributed by atoms with Gasteiger partial charge in [-0.1, -0.05) is 12.1 Å². The van der Waals surface area contributed by atoms with Crippen molar-refractivity contribution in [1.82, 2.24) is 14.7 Å². The smallest absolute Gasteiger partial charge is 0.258 e. The van der Waals surface area contributed by atoms with Crippen LogP contribution in [0.4, 0.5) is 5.69 Å². The molecule has 0 bridgehead atoms. The van der Waals surface area contributed by atoms with E-state index >= 15 is 0 Å². The Morgan fingerprint density at radius 2 is 2.18 bits per heavy atom. The van der Waals surface area contributed by atoms with Gasteiger partial charge < -0.3 is 10.6 Å². The Morgan fingerprint density at radius 1 is 1.36 bits per heavy atom. The second-order valence-corrected chi connectivity index (χ2v) is 5.49. The number of nitrogens with one attached hydrogen (secondary N) is 2. The maximum atomic E-state index is 11.9. The largest absolute Gasteiger partial charge is 0.379 e. The highest BCUT2D eigenvalue weighted by Crippen LogP contribution is 2.16. The van der Waals surface area contributed by atoms with Crippen LogP contribution in [-0.4, -0.2) is 22.3 Å². The zero-order valence-electron chi connectivity index (χ0n) is 11.9. The SMILES string of the molecule is CNC(=O)c1ccccc1NCc1cc(=O)n2ccsc2n1. The van der Waals surface area contributed by atoms with Gasteiger partial charge in [0.1, 0.15) is 0 Å². The van der Waals surface area contributed by atoms with Gasteiger partial charge in [-0.05, 0) is 12.1 Å². The van der Waals surface area contributed by atoms with Crippen molar-refractivity contribution in [1.29, 1.82) is 0 Å². The fraction of sp³-hybridized carbons (Fsp3) is 0.133. The van der Waals surface area contributed by atoms with Crippen molar-refractivity contribution in [3.63, 3.8) is 0 Å². The molecule has 0 saturated heterocycles. The zero-order valence-corrected chi connectivity index (χ0v) is 12.7. The predicted octanol–water partition coefficient (Wildman–Crippen LogP) is 1.73. The number of anilines is 1. The van der Waals surface area contributed by atoms with Crippen molar-refractivity contribution in [2.45, 2.75) is 6.54 Å². The highest BCUT2D eigenvalue weighted by atomic mass is 32.1. The molecule has 0 aliphatic heterocycles. The van der Waals surface area contributed by atoms with Gasteiger partial charge in [0.15, 0.2) is 4.96 Å². The van der Waals surface area contributed by atoms with E-state index in [1.54, 1.807) is 25.4 Å². The standard InChI is InChI=1S/C15H14N4O2S/c1-16-14(21)11-4-2-3-5-12(11)17-9-10-8-13(20)19-6-7-22-15(19)18-10/h2-8,17H,9H2,1H3,(H,16,21). The minimum Gasteiger partial charge on any atom is -0.379 e. The van der Waals surface area contributed by atoms with Crippen LogP contribution in [0, 0.1) is 0 Å². The third kappa shape index (κ3) is 2.71. The van der Waals surface area contributed by atoms with Gasteiger partial charge in [-0.3, -0.25) is 14.0 Å². The molecule has 0 radical (unpaired) electrons. The number of nitrogens with zero attached hydrogens (tertiary/aromatic N) is 2. The van der Waals surface area contributed by atoms with Gasteiger partial charge in [-0.15, -0.1) is 11.3 Å². The summed E-state index contributed by atoms with van der Waals surface area (Å²) in [6.07, 6.45) is 1.70. The fourth-order valence-electron chi connectivity index (χ4n) is 2.13. The molecule has 0 aliphatic rings. The minimum absolute atomic E-state index is 0.109. The summed E-state index contributed by atoms with van der Waals surface area (Å²) in [6.45, 7) is 0.373. The van der Waals surface area contributed by atoms with E-state index in [0.29, 0.717) is 28.5 Å². The summed E-state index contributed by atoms with van der Waals surface area (Å²) in [6, 6.07) is 8.71. The molecule has 6 nitrogen and oxygen atoms in total. The Hall–Kier alpha value is -2.67. The summed E-state index contributed by atoms with van der Waals surface area (Å²) in [5.41, 5.74) is 1.79. The highest BCUT2D eigenvalue weighted by molar-refractivity contribution is 7.15. The molecular formula is C15H14N4O2S. The Morgan fingerprint density at radius 3 is 3.00 bits per heavy atom. The topological polar surface area (TPSA) is 75.5 Å². The van der Waals surface area contributed by atoms with Crippen LogP contribution in [0.15, 0.2) is 46.7 Å². The first-order chi connectivity index (χ1) is 10.7. The van der Waals surface area contributed by atoms with E-state index < -0.39 is 0 Å². The van der Waals surface area contributed by atoms with E-state index in [2.05, 4.69) is 15.6 Å². The quantitative estimate of drug-likeness (QED) is 0.769. The molecule has 2 N–H and O–H groups in total. The number of hydrogen-bond donors (Lipinski definition) is 2. The molecule has 0 spiro atoms. The number of carbonyl (C=O) groups is 1. The van der Waals surface area contributed by atoms with Crippen LogP contribution in [0.3, 0.4) is 0 Å². The van der Waals surface area contributed by atoms with Crippen molar-refractivity contribution < 1.29 is 4.79 Å². The first kappa shape index (κ1) is 14.3. The number of para-hydroxylation sites is 1. The lowest BCUT2D eigenvalue weighted by Gasteiger charge is -2.10. The summed E-state index contributed by atoms with van der Waals surface area (Å²) < 4.78 is 1.51. The van der Waals surface area contributed by atoms with Crippen molar-refractivity contribution in [3.8, 4) is 0 Å². The fourth-order valence-corrected chi connectivity index (χ4v) is 2.87. The van der Waals surface area contributed by atoms with E-state index in [1.807, 2.05) is 17.5 Å². The Bertz CT molecular complexity index is 884. The number of carbonyl (C=O) groups excluding carboxylic acids is 1. The van der Waals surface area contributed by atoms with Gasteiger partial charge in [-0.2, -0.15) is 0 Å². The molecular weight excluding hydrogens is 300 g/mol.